The lowest BCUT2D eigenvalue weighted by Gasteiger charge is -2.06. The molecule has 0 aliphatic heterocycles. The van der Waals surface area contributed by atoms with Gasteiger partial charge in [-0.05, 0) is 36.1 Å². The van der Waals surface area contributed by atoms with Crippen LogP contribution in [0.1, 0.15) is 24.0 Å². The Kier molecular flexibility index (Phi) is 4.02. The predicted octanol–water partition coefficient (Wildman–Crippen LogP) is 4.17. The third-order valence-corrected chi connectivity index (χ3v) is 2.79. The molecule has 80 valence electrons. The molecule has 1 aliphatic carbocycles. The molecule has 1 aromatic rings. The van der Waals surface area contributed by atoms with Crippen LogP contribution in [-0.2, 0) is 0 Å². The van der Waals surface area contributed by atoms with Gasteiger partial charge in [0.05, 0.1) is 5.33 Å². The third kappa shape index (κ3) is 2.87. The summed E-state index contributed by atoms with van der Waals surface area (Å²) in [6, 6.07) is 8.43. The summed E-state index contributed by atoms with van der Waals surface area (Å²) in [4.78, 5) is 0. The molecule has 0 atom stereocenters. The maximum Gasteiger partial charge on any atom is 0.0649 e. The van der Waals surface area contributed by atoms with Crippen molar-refractivity contribution < 1.29 is 0 Å². The Balaban J connectivity index is 2.19. The first kappa shape index (κ1) is 11.2. The van der Waals surface area contributed by atoms with E-state index in [1.807, 2.05) is 0 Å². The Morgan fingerprint density at radius 2 is 1.94 bits per heavy atom. The van der Waals surface area contributed by atoms with Gasteiger partial charge in [-0.15, -0.1) is 0 Å². The van der Waals surface area contributed by atoms with Crippen LogP contribution in [0.2, 0.25) is 0 Å². The zero-order chi connectivity index (χ0) is 11.2. The van der Waals surface area contributed by atoms with Crippen molar-refractivity contribution in [3.05, 3.63) is 53.6 Å². The highest BCUT2D eigenvalue weighted by Crippen LogP contribution is 2.21. The summed E-state index contributed by atoms with van der Waals surface area (Å²) >= 11 is 3.29. The van der Waals surface area contributed by atoms with Gasteiger partial charge in [0.2, 0.25) is 0 Å². The normalized spacial score (nSPS) is 13.9. The molecule has 1 heteroatoms. The molecule has 1 aromatic carbocycles. The van der Waals surface area contributed by atoms with Gasteiger partial charge in [-0.1, -0.05) is 58.1 Å². The summed E-state index contributed by atoms with van der Waals surface area (Å²) in [5.41, 5.74) is 3.68. The van der Waals surface area contributed by atoms with Gasteiger partial charge >= 0.3 is 0 Å². The molecule has 0 unspecified atom stereocenters. The van der Waals surface area contributed by atoms with Gasteiger partial charge < -0.3 is 0 Å². The van der Waals surface area contributed by atoms with Crippen LogP contribution in [-0.4, -0.2) is 5.33 Å². The fourth-order valence-corrected chi connectivity index (χ4v) is 1.85. The first-order valence-corrected chi connectivity index (χ1v) is 6.54. The number of allylic oxidation sites excluding steroid dienone is 4. The monoisotopic (exact) mass is 272 g/mol. The number of benzene rings is 1. The van der Waals surface area contributed by atoms with E-state index in [1.54, 1.807) is 0 Å². The molecule has 0 heterocycles. The van der Waals surface area contributed by atoms with Crippen LogP contribution in [0.4, 0.5) is 0 Å². The Hall–Kier alpha value is -1.26. The van der Waals surface area contributed by atoms with Gasteiger partial charge in [0.15, 0.2) is 0 Å². The molecule has 0 saturated heterocycles. The van der Waals surface area contributed by atoms with E-state index in [1.165, 1.54) is 11.1 Å². The van der Waals surface area contributed by atoms with E-state index in [4.69, 9.17) is 0 Å². The van der Waals surface area contributed by atoms with E-state index in [-0.39, 0.29) is 0 Å². The second-order valence-electron chi connectivity index (χ2n) is 3.65. The summed E-state index contributed by atoms with van der Waals surface area (Å²) in [6.45, 7) is 0. The third-order valence-electron chi connectivity index (χ3n) is 2.51. The van der Waals surface area contributed by atoms with Crippen molar-refractivity contribution in [3.8, 4) is 11.8 Å². The minimum atomic E-state index is 0.725. The van der Waals surface area contributed by atoms with Gasteiger partial charge in [0.1, 0.15) is 0 Å². The molecule has 0 nitrogen and oxygen atoms in total. The van der Waals surface area contributed by atoms with E-state index in [0.717, 1.165) is 23.7 Å². The quantitative estimate of drug-likeness (QED) is 0.532. The average Bonchev–Trinajstić information content (AvgIpc) is 2.38. The number of alkyl halides is 1. The van der Waals surface area contributed by atoms with Crippen LogP contribution >= 0.6 is 15.9 Å². The van der Waals surface area contributed by atoms with Crippen LogP contribution in [0.15, 0.2) is 42.5 Å². The molecule has 16 heavy (non-hydrogen) atoms. The van der Waals surface area contributed by atoms with Crippen molar-refractivity contribution in [3.63, 3.8) is 0 Å². The lowest BCUT2D eigenvalue weighted by molar-refractivity contribution is 1.04. The molecule has 0 fully saturated rings. The zero-order valence-corrected chi connectivity index (χ0v) is 10.6. The van der Waals surface area contributed by atoms with Gasteiger partial charge in [-0.25, -0.2) is 0 Å². The summed E-state index contributed by atoms with van der Waals surface area (Å²) < 4.78 is 0. The highest BCUT2D eigenvalue weighted by Gasteiger charge is 2.00. The van der Waals surface area contributed by atoms with Crippen molar-refractivity contribution in [2.45, 2.75) is 12.8 Å². The van der Waals surface area contributed by atoms with E-state index < -0.39 is 0 Å². The molecule has 0 aromatic heterocycles. The lowest BCUT2D eigenvalue weighted by atomic mass is 9.99. The second kappa shape index (κ2) is 5.72. The van der Waals surface area contributed by atoms with Crippen LogP contribution in [0, 0.1) is 11.8 Å². The van der Waals surface area contributed by atoms with Crippen molar-refractivity contribution in [2.75, 3.05) is 5.33 Å². The van der Waals surface area contributed by atoms with E-state index in [0.29, 0.717) is 0 Å². The van der Waals surface area contributed by atoms with Crippen LogP contribution in [0.25, 0.3) is 5.57 Å². The number of hydrogen-bond acceptors (Lipinski definition) is 0. The Morgan fingerprint density at radius 3 is 2.56 bits per heavy atom. The minimum absolute atomic E-state index is 0.725. The smallest absolute Gasteiger partial charge is 0.0649 e. The van der Waals surface area contributed by atoms with Crippen molar-refractivity contribution >= 4 is 21.5 Å². The zero-order valence-electron chi connectivity index (χ0n) is 9.04. The molecule has 0 radical (unpaired) electrons. The maximum atomic E-state index is 3.29. The summed E-state index contributed by atoms with van der Waals surface area (Å²) in [5, 5.41) is 0.725. The Morgan fingerprint density at radius 1 is 1.12 bits per heavy atom. The van der Waals surface area contributed by atoms with Crippen molar-refractivity contribution in [2.24, 2.45) is 0 Å². The second-order valence-corrected chi connectivity index (χ2v) is 4.21. The van der Waals surface area contributed by atoms with E-state index in [9.17, 15) is 0 Å². The highest BCUT2D eigenvalue weighted by atomic mass is 79.9. The Labute approximate surface area is 105 Å². The maximum absolute atomic E-state index is 3.29. The molecule has 0 spiro atoms. The summed E-state index contributed by atoms with van der Waals surface area (Å²) in [7, 11) is 0. The van der Waals surface area contributed by atoms with Gasteiger partial charge in [-0.3, -0.25) is 0 Å². The predicted molar refractivity (Wildman–Crippen MR) is 73.5 cm³/mol. The van der Waals surface area contributed by atoms with Crippen molar-refractivity contribution in [1.82, 2.24) is 0 Å². The number of rotatable bonds is 1. The van der Waals surface area contributed by atoms with E-state index >= 15 is 0 Å². The first-order valence-electron chi connectivity index (χ1n) is 5.42. The largest absolute Gasteiger partial charge is 0.0863 e. The fraction of sp³-hybridized carbons (Fsp3) is 0.200. The summed E-state index contributed by atoms with van der Waals surface area (Å²) in [6.07, 6.45) is 9.03. The van der Waals surface area contributed by atoms with Gasteiger partial charge in [0.25, 0.3) is 0 Å². The number of halogens is 1. The molecule has 0 N–H and O–H groups in total. The molecule has 0 bridgehead atoms. The molecule has 0 saturated carbocycles. The molecular formula is C15H13Br. The van der Waals surface area contributed by atoms with Crippen LogP contribution < -0.4 is 0 Å². The van der Waals surface area contributed by atoms with Gasteiger partial charge in [-0.2, -0.15) is 0 Å². The molecule has 1 aliphatic rings. The number of hydrogen-bond donors (Lipinski definition) is 0. The first-order chi connectivity index (χ1) is 7.90. The van der Waals surface area contributed by atoms with Crippen LogP contribution in [0.3, 0.4) is 0 Å². The molecule has 2 rings (SSSR count). The lowest BCUT2D eigenvalue weighted by Crippen LogP contribution is -1.86. The summed E-state index contributed by atoms with van der Waals surface area (Å²) in [5.74, 6) is 6.09. The molecular weight excluding hydrogens is 260 g/mol. The Bertz CT molecular complexity index is 466. The van der Waals surface area contributed by atoms with Crippen LogP contribution in [0.5, 0.6) is 0 Å². The average molecular weight is 273 g/mol. The van der Waals surface area contributed by atoms with E-state index in [2.05, 4.69) is 70.3 Å². The molecule has 0 amide bonds. The highest BCUT2D eigenvalue weighted by molar-refractivity contribution is 9.09. The SMILES string of the molecule is BrCC#Cc1ccc(C2=CCCC=C2)cc1. The standard InChI is InChI=1S/C15H13Br/c16-12-4-5-13-8-10-15(11-9-13)14-6-2-1-3-7-14/h2,6-11H,1,3,12H2. The minimum Gasteiger partial charge on any atom is -0.0863 e. The van der Waals surface area contributed by atoms with Crippen molar-refractivity contribution in [1.29, 1.82) is 0 Å². The fourth-order valence-electron chi connectivity index (χ4n) is 1.71. The topological polar surface area (TPSA) is 0 Å². The van der Waals surface area contributed by atoms with Gasteiger partial charge in [0, 0.05) is 5.56 Å².